The van der Waals surface area contributed by atoms with Gasteiger partial charge in [-0.2, -0.15) is 0 Å². The molecule has 0 atom stereocenters. The minimum atomic E-state index is -1.01. The fraction of sp³-hybridized carbons (Fsp3) is 0.250. The molecule has 1 heterocycles. The van der Waals surface area contributed by atoms with E-state index in [9.17, 15) is 19.8 Å². The van der Waals surface area contributed by atoms with E-state index in [1.165, 1.54) is 7.11 Å². The number of carboxylic acid groups (broad SMARTS) is 1. The standard InChI is InChI=1S/C24H24N4O5/c1-28(2)9-8-25-24(32)20-22-21(14-6-4-5-7-15(14)23(20)31)26-17-12-18(33-3)13(11-19(29)30)10-16(17)27-22/h4-7,10,12,31H,8-9,11H2,1-3H3,(H,25,32)(H,29,30). The summed E-state index contributed by atoms with van der Waals surface area (Å²) in [5, 5.41) is 24.2. The van der Waals surface area contributed by atoms with Crippen LogP contribution >= 0.6 is 0 Å². The quantitative estimate of drug-likeness (QED) is 0.291. The van der Waals surface area contributed by atoms with E-state index in [1.54, 1.807) is 24.3 Å². The van der Waals surface area contributed by atoms with Gasteiger partial charge in [-0.15, -0.1) is 0 Å². The zero-order valence-electron chi connectivity index (χ0n) is 18.5. The molecule has 0 spiro atoms. The highest BCUT2D eigenvalue weighted by molar-refractivity contribution is 6.19. The number of benzene rings is 3. The molecule has 0 fully saturated rings. The Labute approximate surface area is 189 Å². The van der Waals surface area contributed by atoms with Gasteiger partial charge in [0.2, 0.25) is 0 Å². The first-order chi connectivity index (χ1) is 15.8. The second-order valence-corrected chi connectivity index (χ2v) is 7.97. The maximum atomic E-state index is 13.1. The van der Waals surface area contributed by atoms with Crippen LogP contribution in [0.3, 0.4) is 0 Å². The lowest BCUT2D eigenvalue weighted by atomic mass is 10.0. The zero-order chi connectivity index (χ0) is 23.7. The molecule has 4 aromatic rings. The van der Waals surface area contributed by atoms with Crippen LogP contribution in [0.5, 0.6) is 11.5 Å². The number of aromatic hydroxyl groups is 1. The molecule has 9 nitrogen and oxygen atoms in total. The molecule has 4 rings (SSSR count). The predicted octanol–water partition coefficient (Wildman–Crippen LogP) is 2.57. The molecule has 0 aliphatic rings. The molecule has 0 saturated carbocycles. The molecule has 0 aliphatic heterocycles. The van der Waals surface area contributed by atoms with Gasteiger partial charge < -0.3 is 25.2 Å². The third kappa shape index (κ3) is 4.22. The van der Waals surface area contributed by atoms with Gasteiger partial charge in [0.05, 0.1) is 30.1 Å². The van der Waals surface area contributed by atoms with E-state index in [4.69, 9.17) is 9.72 Å². The van der Waals surface area contributed by atoms with Gasteiger partial charge in [-0.05, 0) is 20.2 Å². The van der Waals surface area contributed by atoms with Crippen LogP contribution in [0.1, 0.15) is 15.9 Å². The minimum absolute atomic E-state index is 0.0347. The summed E-state index contributed by atoms with van der Waals surface area (Å²) >= 11 is 0. The number of carbonyl (C=O) groups is 2. The average molecular weight is 448 g/mol. The third-order valence-electron chi connectivity index (χ3n) is 5.39. The fourth-order valence-corrected chi connectivity index (χ4v) is 3.82. The van der Waals surface area contributed by atoms with Crippen molar-refractivity contribution in [2.24, 2.45) is 0 Å². The normalized spacial score (nSPS) is 11.4. The number of hydrogen-bond acceptors (Lipinski definition) is 7. The summed E-state index contributed by atoms with van der Waals surface area (Å²) in [6.45, 7) is 1.02. The SMILES string of the molecule is COc1cc2nc3c(nc2cc1CC(=O)O)c(C(=O)NCCN(C)C)c(O)c1ccccc13. The Morgan fingerprint density at radius 1 is 1.06 bits per heavy atom. The number of fused-ring (bicyclic) bond motifs is 4. The Hall–Kier alpha value is -3.98. The van der Waals surface area contributed by atoms with E-state index in [2.05, 4.69) is 10.3 Å². The monoisotopic (exact) mass is 448 g/mol. The van der Waals surface area contributed by atoms with Crippen molar-refractivity contribution in [1.29, 1.82) is 0 Å². The molecular weight excluding hydrogens is 424 g/mol. The van der Waals surface area contributed by atoms with E-state index in [0.29, 0.717) is 51.7 Å². The third-order valence-corrected chi connectivity index (χ3v) is 5.39. The molecule has 0 unspecified atom stereocenters. The van der Waals surface area contributed by atoms with Crippen LogP contribution in [-0.2, 0) is 11.2 Å². The van der Waals surface area contributed by atoms with Crippen LogP contribution in [0.2, 0.25) is 0 Å². The summed E-state index contributed by atoms with van der Waals surface area (Å²) in [5.74, 6) is -1.25. The van der Waals surface area contributed by atoms with E-state index in [1.807, 2.05) is 31.1 Å². The number of carbonyl (C=O) groups excluding carboxylic acids is 1. The molecule has 0 radical (unpaired) electrons. The number of likely N-dealkylation sites (N-methyl/N-ethyl adjacent to an activating group) is 1. The van der Waals surface area contributed by atoms with Crippen molar-refractivity contribution in [3.8, 4) is 11.5 Å². The predicted molar refractivity (Wildman–Crippen MR) is 125 cm³/mol. The molecule has 170 valence electrons. The number of hydrogen-bond donors (Lipinski definition) is 3. The highest BCUT2D eigenvalue weighted by Gasteiger charge is 2.23. The van der Waals surface area contributed by atoms with Crippen molar-refractivity contribution in [2.75, 3.05) is 34.3 Å². The Kier molecular flexibility index (Phi) is 5.97. The van der Waals surface area contributed by atoms with Crippen LogP contribution in [0.25, 0.3) is 32.8 Å². The van der Waals surface area contributed by atoms with Gasteiger partial charge in [-0.25, -0.2) is 9.97 Å². The lowest BCUT2D eigenvalue weighted by Gasteiger charge is -2.15. The molecule has 1 amide bonds. The van der Waals surface area contributed by atoms with Crippen molar-refractivity contribution in [1.82, 2.24) is 20.2 Å². The fourth-order valence-electron chi connectivity index (χ4n) is 3.82. The number of nitrogens with one attached hydrogen (secondary N) is 1. The number of nitrogens with zero attached hydrogens (tertiary/aromatic N) is 3. The van der Waals surface area contributed by atoms with E-state index >= 15 is 0 Å². The number of aliphatic carboxylic acids is 1. The van der Waals surface area contributed by atoms with Crippen LogP contribution in [0.4, 0.5) is 0 Å². The summed E-state index contributed by atoms with van der Waals surface area (Å²) in [7, 11) is 5.26. The van der Waals surface area contributed by atoms with Crippen LogP contribution in [0.15, 0.2) is 36.4 Å². The Bertz CT molecular complexity index is 1400. The van der Waals surface area contributed by atoms with Gasteiger partial charge in [0.15, 0.2) is 0 Å². The van der Waals surface area contributed by atoms with Crippen molar-refractivity contribution in [2.45, 2.75) is 6.42 Å². The highest BCUT2D eigenvalue weighted by atomic mass is 16.5. The summed E-state index contributed by atoms with van der Waals surface area (Å²) in [4.78, 5) is 35.7. The number of aromatic nitrogens is 2. The molecule has 3 aromatic carbocycles. The molecule has 0 saturated heterocycles. The lowest BCUT2D eigenvalue weighted by molar-refractivity contribution is -0.136. The van der Waals surface area contributed by atoms with E-state index in [0.717, 1.165) is 0 Å². The number of ether oxygens (including phenoxy) is 1. The Morgan fingerprint density at radius 3 is 2.39 bits per heavy atom. The lowest BCUT2D eigenvalue weighted by Crippen LogP contribution is -2.31. The molecule has 3 N–H and O–H groups in total. The van der Waals surface area contributed by atoms with Gasteiger partial charge in [0, 0.05) is 35.5 Å². The maximum Gasteiger partial charge on any atom is 0.307 e. The number of rotatable bonds is 7. The summed E-state index contributed by atoms with van der Waals surface area (Å²) in [6, 6.07) is 10.4. The zero-order valence-corrected chi connectivity index (χ0v) is 18.5. The van der Waals surface area contributed by atoms with Gasteiger partial charge >= 0.3 is 5.97 Å². The number of phenols is 1. The van der Waals surface area contributed by atoms with Gasteiger partial charge in [0.25, 0.3) is 5.91 Å². The van der Waals surface area contributed by atoms with Crippen LogP contribution < -0.4 is 10.1 Å². The number of amides is 1. The van der Waals surface area contributed by atoms with Gasteiger partial charge in [-0.1, -0.05) is 24.3 Å². The van der Waals surface area contributed by atoms with Crippen LogP contribution in [-0.4, -0.2) is 71.3 Å². The smallest absolute Gasteiger partial charge is 0.307 e. The molecular formula is C24H24N4O5. The van der Waals surface area contributed by atoms with Crippen molar-refractivity contribution >= 4 is 44.7 Å². The minimum Gasteiger partial charge on any atom is -0.506 e. The first-order valence-corrected chi connectivity index (χ1v) is 10.4. The first-order valence-electron chi connectivity index (χ1n) is 10.4. The molecule has 9 heteroatoms. The van der Waals surface area contributed by atoms with Gasteiger partial charge in [0.1, 0.15) is 22.6 Å². The molecule has 1 aromatic heterocycles. The highest BCUT2D eigenvalue weighted by Crippen LogP contribution is 2.37. The van der Waals surface area contributed by atoms with Crippen molar-refractivity contribution in [3.63, 3.8) is 0 Å². The summed E-state index contributed by atoms with van der Waals surface area (Å²) < 4.78 is 5.36. The topological polar surface area (TPSA) is 125 Å². The van der Waals surface area contributed by atoms with Crippen molar-refractivity contribution < 1.29 is 24.5 Å². The largest absolute Gasteiger partial charge is 0.506 e. The second kappa shape index (κ2) is 8.87. The van der Waals surface area contributed by atoms with Crippen molar-refractivity contribution in [3.05, 3.63) is 47.5 Å². The molecule has 0 aliphatic carbocycles. The number of carboxylic acids is 1. The maximum absolute atomic E-state index is 13.1. The van der Waals surface area contributed by atoms with E-state index < -0.39 is 11.9 Å². The number of methoxy groups -OCH3 is 1. The first kappa shape index (κ1) is 22.2. The average Bonchev–Trinajstić information content (AvgIpc) is 2.77. The van der Waals surface area contributed by atoms with Gasteiger partial charge in [-0.3, -0.25) is 9.59 Å². The Balaban J connectivity index is 1.99. The Morgan fingerprint density at radius 2 is 1.73 bits per heavy atom. The molecule has 0 bridgehead atoms. The summed E-state index contributed by atoms with van der Waals surface area (Å²) in [5.41, 5.74) is 2.06. The summed E-state index contributed by atoms with van der Waals surface area (Å²) in [6.07, 6.45) is -0.250. The molecule has 33 heavy (non-hydrogen) atoms. The van der Waals surface area contributed by atoms with Crippen LogP contribution in [0, 0.1) is 0 Å². The second-order valence-electron chi connectivity index (χ2n) is 7.97. The number of phenolic OH excluding ortho intramolecular Hbond substituents is 1. The van der Waals surface area contributed by atoms with E-state index in [-0.39, 0.29) is 23.3 Å².